The van der Waals surface area contributed by atoms with Gasteiger partial charge < -0.3 is 15.1 Å². The molecule has 2 aliphatic rings. The number of benzene rings is 1. The Balaban J connectivity index is 1.32. The monoisotopic (exact) mass is 355 g/mol. The number of aromatic nitrogens is 4. The zero-order valence-corrected chi connectivity index (χ0v) is 14.4. The Morgan fingerprint density at radius 3 is 2.62 bits per heavy atom. The lowest BCUT2D eigenvalue weighted by atomic mass is 10.0. The van der Waals surface area contributed by atoms with Crippen molar-refractivity contribution in [3.8, 4) is 11.4 Å². The third-order valence-corrected chi connectivity index (χ3v) is 4.91. The molecule has 0 spiro atoms. The maximum atomic E-state index is 12.5. The van der Waals surface area contributed by atoms with Gasteiger partial charge in [-0.05, 0) is 18.1 Å². The number of hydrogen-bond acceptors (Lipinski definition) is 5. The lowest BCUT2D eigenvalue weighted by Gasteiger charge is -2.36. The third kappa shape index (κ3) is 3.37. The zero-order valence-electron chi connectivity index (χ0n) is 14.4. The van der Waals surface area contributed by atoms with Gasteiger partial charge in [0.1, 0.15) is 6.54 Å². The van der Waals surface area contributed by atoms with Crippen LogP contribution in [0.25, 0.3) is 11.4 Å². The first-order valence-electron chi connectivity index (χ1n) is 8.86. The Kier molecular flexibility index (Phi) is 4.51. The summed E-state index contributed by atoms with van der Waals surface area (Å²) in [7, 11) is 0. The number of nitrogens with one attached hydrogen (secondary N) is 1. The Labute approximate surface area is 151 Å². The minimum Gasteiger partial charge on any atom is -0.341 e. The molecule has 3 heterocycles. The van der Waals surface area contributed by atoms with E-state index in [0.29, 0.717) is 25.5 Å². The van der Waals surface area contributed by atoms with E-state index in [-0.39, 0.29) is 24.5 Å². The van der Waals surface area contributed by atoms with Gasteiger partial charge in [-0.25, -0.2) is 4.79 Å². The van der Waals surface area contributed by atoms with Crippen molar-refractivity contribution in [3.63, 3.8) is 0 Å². The highest BCUT2D eigenvalue weighted by Crippen LogP contribution is 2.18. The van der Waals surface area contributed by atoms with Gasteiger partial charge in [0.15, 0.2) is 0 Å². The lowest BCUT2D eigenvalue weighted by Crippen LogP contribution is -2.48. The molecule has 2 fully saturated rings. The van der Waals surface area contributed by atoms with Crippen molar-refractivity contribution >= 4 is 11.9 Å². The van der Waals surface area contributed by atoms with Crippen molar-refractivity contribution in [2.45, 2.75) is 25.4 Å². The molecule has 1 aromatic heterocycles. The Bertz CT molecular complexity index is 783. The molecule has 4 rings (SSSR count). The van der Waals surface area contributed by atoms with Gasteiger partial charge >= 0.3 is 6.03 Å². The van der Waals surface area contributed by atoms with E-state index in [4.69, 9.17) is 0 Å². The molecule has 136 valence electrons. The minimum absolute atomic E-state index is 0.00929. The third-order valence-electron chi connectivity index (χ3n) is 4.91. The molecule has 9 nitrogen and oxygen atoms in total. The Morgan fingerprint density at radius 2 is 1.92 bits per heavy atom. The predicted molar refractivity (Wildman–Crippen MR) is 93.0 cm³/mol. The minimum atomic E-state index is -0.0219. The predicted octanol–water partition coefficient (Wildman–Crippen LogP) is 0.356. The van der Waals surface area contributed by atoms with Crippen LogP contribution in [0.2, 0.25) is 0 Å². The molecule has 0 bridgehead atoms. The number of likely N-dealkylation sites (tertiary alicyclic amines) is 1. The maximum Gasteiger partial charge on any atom is 0.317 e. The zero-order chi connectivity index (χ0) is 17.9. The highest BCUT2D eigenvalue weighted by molar-refractivity contribution is 5.77. The first-order valence-corrected chi connectivity index (χ1v) is 8.86. The van der Waals surface area contributed by atoms with Gasteiger partial charge in [0.05, 0.1) is 0 Å². The molecule has 9 heteroatoms. The highest BCUT2D eigenvalue weighted by atomic mass is 16.2. The molecule has 1 N–H and O–H groups in total. The van der Waals surface area contributed by atoms with Gasteiger partial charge in [0.25, 0.3) is 0 Å². The summed E-state index contributed by atoms with van der Waals surface area (Å²) < 4.78 is 0. The average Bonchev–Trinajstić information content (AvgIpc) is 3.32. The number of tetrazole rings is 1. The summed E-state index contributed by atoms with van der Waals surface area (Å²) in [6, 6.07) is 9.78. The van der Waals surface area contributed by atoms with Crippen LogP contribution in [-0.4, -0.2) is 74.2 Å². The second-order valence-electron chi connectivity index (χ2n) is 6.55. The van der Waals surface area contributed by atoms with Crippen LogP contribution >= 0.6 is 0 Å². The van der Waals surface area contributed by atoms with E-state index in [0.717, 1.165) is 24.9 Å². The van der Waals surface area contributed by atoms with E-state index in [1.54, 1.807) is 0 Å². The SMILES string of the molecule is O=C(Cn1nnc(-c2ccccc2)n1)N1CCC(N2CCNC2=O)CC1. The summed E-state index contributed by atoms with van der Waals surface area (Å²) in [6.07, 6.45) is 1.61. The number of carbonyl (C=O) groups is 2. The fraction of sp³-hybridized carbons (Fsp3) is 0.471. The molecule has 2 aromatic rings. The van der Waals surface area contributed by atoms with Crippen LogP contribution in [0.15, 0.2) is 30.3 Å². The molecular formula is C17H21N7O2. The standard InChI is InChI=1S/C17H21N7O2/c25-15(12-24-20-16(19-21-24)13-4-2-1-3-5-13)22-9-6-14(7-10-22)23-11-8-18-17(23)26/h1-5,14H,6-12H2,(H,18,26). The van der Waals surface area contributed by atoms with Crippen LogP contribution < -0.4 is 5.32 Å². The highest BCUT2D eigenvalue weighted by Gasteiger charge is 2.32. The van der Waals surface area contributed by atoms with Crippen molar-refractivity contribution in [2.75, 3.05) is 26.2 Å². The molecule has 26 heavy (non-hydrogen) atoms. The smallest absolute Gasteiger partial charge is 0.317 e. The summed E-state index contributed by atoms with van der Waals surface area (Å²) in [5.74, 6) is 0.489. The van der Waals surface area contributed by atoms with Crippen LogP contribution in [0.1, 0.15) is 12.8 Å². The second-order valence-corrected chi connectivity index (χ2v) is 6.55. The number of piperidine rings is 1. The average molecular weight is 355 g/mol. The van der Waals surface area contributed by atoms with Gasteiger partial charge in [-0.2, -0.15) is 4.80 Å². The molecule has 3 amide bonds. The molecule has 0 saturated carbocycles. The van der Waals surface area contributed by atoms with Crippen molar-refractivity contribution in [1.82, 2.24) is 35.3 Å². The molecule has 0 radical (unpaired) electrons. The number of rotatable bonds is 4. The van der Waals surface area contributed by atoms with E-state index >= 15 is 0 Å². The van der Waals surface area contributed by atoms with E-state index in [1.165, 1.54) is 4.80 Å². The number of nitrogens with zero attached hydrogens (tertiary/aromatic N) is 6. The summed E-state index contributed by atoms with van der Waals surface area (Å²) in [5.41, 5.74) is 0.871. The van der Waals surface area contributed by atoms with E-state index in [9.17, 15) is 9.59 Å². The Hall–Kier alpha value is -2.97. The first kappa shape index (κ1) is 16.5. The molecule has 0 unspecified atom stereocenters. The molecule has 0 atom stereocenters. The Morgan fingerprint density at radius 1 is 1.15 bits per heavy atom. The largest absolute Gasteiger partial charge is 0.341 e. The van der Waals surface area contributed by atoms with Crippen LogP contribution in [0.3, 0.4) is 0 Å². The topological polar surface area (TPSA) is 96.2 Å². The molecule has 1 aromatic carbocycles. The molecular weight excluding hydrogens is 334 g/mol. The fourth-order valence-electron chi connectivity index (χ4n) is 3.50. The quantitative estimate of drug-likeness (QED) is 0.854. The van der Waals surface area contributed by atoms with Crippen molar-refractivity contribution in [2.24, 2.45) is 0 Å². The summed E-state index contributed by atoms with van der Waals surface area (Å²) in [4.78, 5) is 29.3. The van der Waals surface area contributed by atoms with Gasteiger partial charge in [0.2, 0.25) is 11.7 Å². The van der Waals surface area contributed by atoms with Gasteiger partial charge in [-0.15, -0.1) is 10.2 Å². The van der Waals surface area contributed by atoms with Crippen LogP contribution in [0.4, 0.5) is 4.79 Å². The molecule has 0 aliphatic carbocycles. The van der Waals surface area contributed by atoms with Gasteiger partial charge in [-0.3, -0.25) is 4.79 Å². The first-order chi connectivity index (χ1) is 12.7. The second kappa shape index (κ2) is 7.11. The number of amides is 3. The summed E-state index contributed by atoms with van der Waals surface area (Å²) in [5, 5.41) is 15.1. The van der Waals surface area contributed by atoms with Crippen LogP contribution in [-0.2, 0) is 11.3 Å². The lowest BCUT2D eigenvalue weighted by molar-refractivity contribution is -0.133. The summed E-state index contributed by atoms with van der Waals surface area (Å²) >= 11 is 0. The van der Waals surface area contributed by atoms with Crippen LogP contribution in [0.5, 0.6) is 0 Å². The van der Waals surface area contributed by atoms with Crippen LogP contribution in [0, 0.1) is 0 Å². The maximum absolute atomic E-state index is 12.5. The number of carbonyl (C=O) groups excluding carboxylic acids is 2. The van der Waals surface area contributed by atoms with E-state index in [2.05, 4.69) is 20.7 Å². The van der Waals surface area contributed by atoms with Crippen molar-refractivity contribution in [3.05, 3.63) is 30.3 Å². The molecule has 2 saturated heterocycles. The van der Waals surface area contributed by atoms with E-state index in [1.807, 2.05) is 40.1 Å². The molecule has 2 aliphatic heterocycles. The normalized spacial score (nSPS) is 18.2. The number of hydrogen-bond donors (Lipinski definition) is 1. The number of urea groups is 1. The van der Waals surface area contributed by atoms with Gasteiger partial charge in [0, 0.05) is 37.8 Å². The van der Waals surface area contributed by atoms with Crippen molar-refractivity contribution in [1.29, 1.82) is 0 Å². The summed E-state index contributed by atoms with van der Waals surface area (Å²) in [6.45, 7) is 2.83. The fourth-order valence-corrected chi connectivity index (χ4v) is 3.50. The van der Waals surface area contributed by atoms with Crippen molar-refractivity contribution < 1.29 is 9.59 Å². The van der Waals surface area contributed by atoms with Gasteiger partial charge in [-0.1, -0.05) is 30.3 Å². The van der Waals surface area contributed by atoms with E-state index < -0.39 is 0 Å².